The van der Waals surface area contributed by atoms with Crippen LogP contribution in [0.15, 0.2) is 46.0 Å². The molecule has 0 aliphatic carbocycles. The summed E-state index contributed by atoms with van der Waals surface area (Å²) in [4.78, 5) is 10.0. The van der Waals surface area contributed by atoms with Crippen LogP contribution < -0.4 is 5.32 Å². The molecule has 20 heavy (non-hydrogen) atoms. The number of benzene rings is 1. The molecular formula is C15H18BrN3S. The molecule has 1 aromatic carbocycles. The second kappa shape index (κ2) is 8.39. The minimum atomic E-state index is 0.796. The summed E-state index contributed by atoms with van der Waals surface area (Å²) in [6.45, 7) is 4.03. The summed E-state index contributed by atoms with van der Waals surface area (Å²) in [5, 5.41) is 3.34. The van der Waals surface area contributed by atoms with Crippen molar-refractivity contribution in [2.75, 3.05) is 6.54 Å². The molecular weight excluding hydrogens is 334 g/mol. The van der Waals surface area contributed by atoms with Crippen LogP contribution >= 0.6 is 27.7 Å². The topological polar surface area (TPSA) is 37.8 Å². The molecule has 3 nitrogen and oxygen atoms in total. The van der Waals surface area contributed by atoms with Crippen LogP contribution in [-0.4, -0.2) is 16.5 Å². The lowest BCUT2D eigenvalue weighted by atomic mass is 10.3. The van der Waals surface area contributed by atoms with E-state index in [1.54, 1.807) is 11.8 Å². The lowest BCUT2D eigenvalue weighted by molar-refractivity contribution is 0.671. The van der Waals surface area contributed by atoms with Gasteiger partial charge < -0.3 is 5.32 Å². The Morgan fingerprint density at radius 2 is 1.85 bits per heavy atom. The van der Waals surface area contributed by atoms with Gasteiger partial charge in [-0.2, -0.15) is 0 Å². The molecule has 106 valence electrons. The first-order valence-electron chi connectivity index (χ1n) is 6.67. The van der Waals surface area contributed by atoms with Gasteiger partial charge in [-0.1, -0.05) is 22.9 Å². The zero-order valence-electron chi connectivity index (χ0n) is 11.5. The molecule has 0 saturated heterocycles. The highest BCUT2D eigenvalue weighted by Crippen LogP contribution is 2.23. The maximum absolute atomic E-state index is 4.41. The monoisotopic (exact) mass is 351 g/mol. The predicted octanol–water partition coefficient (Wildman–Crippen LogP) is 4.03. The molecule has 0 unspecified atom stereocenters. The number of nitrogens with zero attached hydrogens (tertiary/aromatic N) is 2. The fraction of sp³-hybridized carbons (Fsp3) is 0.333. The number of halogens is 1. The Morgan fingerprint density at radius 1 is 1.15 bits per heavy atom. The first-order chi connectivity index (χ1) is 9.78. The van der Waals surface area contributed by atoms with Crippen LogP contribution in [0.2, 0.25) is 0 Å². The van der Waals surface area contributed by atoms with E-state index in [0.717, 1.165) is 41.1 Å². The van der Waals surface area contributed by atoms with Crippen molar-refractivity contribution >= 4 is 27.7 Å². The largest absolute Gasteiger partial charge is 0.313 e. The van der Waals surface area contributed by atoms with Gasteiger partial charge in [0.1, 0.15) is 5.82 Å². The fourth-order valence-electron chi connectivity index (χ4n) is 1.64. The van der Waals surface area contributed by atoms with Gasteiger partial charge in [0.05, 0.1) is 5.75 Å². The van der Waals surface area contributed by atoms with Crippen LogP contribution in [0.5, 0.6) is 0 Å². The lowest BCUT2D eigenvalue weighted by Crippen LogP contribution is -2.14. The lowest BCUT2D eigenvalue weighted by Gasteiger charge is -2.04. The summed E-state index contributed by atoms with van der Waals surface area (Å²) >= 11 is 5.18. The molecule has 1 aromatic heterocycles. The van der Waals surface area contributed by atoms with Crippen LogP contribution in [-0.2, 0) is 12.3 Å². The van der Waals surface area contributed by atoms with E-state index in [1.807, 2.05) is 24.5 Å². The van der Waals surface area contributed by atoms with Gasteiger partial charge in [0.15, 0.2) is 0 Å². The number of nitrogens with one attached hydrogen (secondary N) is 1. The normalized spacial score (nSPS) is 10.7. The molecule has 1 N–H and O–H groups in total. The summed E-state index contributed by atoms with van der Waals surface area (Å²) in [7, 11) is 0. The zero-order valence-corrected chi connectivity index (χ0v) is 13.9. The van der Waals surface area contributed by atoms with Gasteiger partial charge in [0, 0.05) is 33.9 Å². The highest BCUT2D eigenvalue weighted by atomic mass is 79.9. The Morgan fingerprint density at radius 3 is 2.50 bits per heavy atom. The standard InChI is InChI=1S/C15H18BrN3S/c1-2-7-17-8-12-9-18-15(19-10-12)11-20-14-5-3-13(16)4-6-14/h3-6,9-10,17H,2,7-8,11H2,1H3. The van der Waals surface area contributed by atoms with Gasteiger partial charge in [-0.15, -0.1) is 11.8 Å². The third kappa shape index (κ3) is 5.23. The molecule has 0 bridgehead atoms. The van der Waals surface area contributed by atoms with E-state index in [1.165, 1.54) is 4.90 Å². The van der Waals surface area contributed by atoms with E-state index >= 15 is 0 Å². The second-order valence-electron chi connectivity index (χ2n) is 4.43. The summed E-state index contributed by atoms with van der Waals surface area (Å²) in [5.41, 5.74) is 1.14. The average molecular weight is 352 g/mol. The van der Waals surface area contributed by atoms with Crippen molar-refractivity contribution in [2.45, 2.75) is 30.5 Å². The smallest absolute Gasteiger partial charge is 0.138 e. The average Bonchev–Trinajstić information content (AvgIpc) is 2.48. The maximum atomic E-state index is 4.41. The van der Waals surface area contributed by atoms with Crippen LogP contribution in [0.1, 0.15) is 24.7 Å². The Hall–Kier alpha value is -0.910. The van der Waals surface area contributed by atoms with E-state index in [0.29, 0.717) is 0 Å². The molecule has 0 amide bonds. The van der Waals surface area contributed by atoms with Gasteiger partial charge in [-0.3, -0.25) is 0 Å². The molecule has 2 rings (SSSR count). The first kappa shape index (κ1) is 15.5. The van der Waals surface area contributed by atoms with E-state index < -0.39 is 0 Å². The quantitative estimate of drug-likeness (QED) is 0.603. The number of aromatic nitrogens is 2. The number of hydrogen-bond acceptors (Lipinski definition) is 4. The Labute approximate surface area is 132 Å². The summed E-state index contributed by atoms with van der Waals surface area (Å²) in [5.74, 6) is 1.67. The van der Waals surface area contributed by atoms with Crippen LogP contribution in [0.4, 0.5) is 0 Å². The van der Waals surface area contributed by atoms with Crippen molar-refractivity contribution in [3.05, 3.63) is 52.5 Å². The van der Waals surface area contributed by atoms with Crippen LogP contribution in [0.3, 0.4) is 0 Å². The van der Waals surface area contributed by atoms with Crippen molar-refractivity contribution in [3.8, 4) is 0 Å². The fourth-order valence-corrected chi connectivity index (χ4v) is 2.67. The van der Waals surface area contributed by atoms with Gasteiger partial charge in [-0.25, -0.2) is 9.97 Å². The Kier molecular flexibility index (Phi) is 6.50. The van der Waals surface area contributed by atoms with Gasteiger partial charge in [-0.05, 0) is 37.2 Å². The number of thioether (sulfide) groups is 1. The van der Waals surface area contributed by atoms with Gasteiger partial charge in [0.25, 0.3) is 0 Å². The minimum Gasteiger partial charge on any atom is -0.313 e. The second-order valence-corrected chi connectivity index (χ2v) is 6.39. The molecule has 0 spiro atoms. The SMILES string of the molecule is CCCNCc1cnc(CSc2ccc(Br)cc2)nc1. The summed E-state index contributed by atoms with van der Waals surface area (Å²) in [6.07, 6.45) is 4.96. The molecule has 0 radical (unpaired) electrons. The van der Waals surface area contributed by atoms with Crippen molar-refractivity contribution in [3.63, 3.8) is 0 Å². The highest BCUT2D eigenvalue weighted by Gasteiger charge is 2.00. The minimum absolute atomic E-state index is 0.796. The Bertz CT molecular complexity index is 514. The summed E-state index contributed by atoms with van der Waals surface area (Å²) < 4.78 is 1.10. The van der Waals surface area contributed by atoms with Gasteiger partial charge in [0.2, 0.25) is 0 Å². The van der Waals surface area contributed by atoms with E-state index in [9.17, 15) is 0 Å². The van der Waals surface area contributed by atoms with E-state index in [-0.39, 0.29) is 0 Å². The van der Waals surface area contributed by atoms with Gasteiger partial charge >= 0.3 is 0 Å². The molecule has 0 fully saturated rings. The van der Waals surface area contributed by atoms with Crippen LogP contribution in [0, 0.1) is 0 Å². The van der Waals surface area contributed by atoms with Crippen molar-refractivity contribution in [2.24, 2.45) is 0 Å². The molecule has 0 saturated carbocycles. The number of hydrogen-bond donors (Lipinski definition) is 1. The molecule has 0 atom stereocenters. The molecule has 2 aromatic rings. The van der Waals surface area contributed by atoms with Crippen molar-refractivity contribution in [1.29, 1.82) is 0 Å². The van der Waals surface area contributed by atoms with Crippen molar-refractivity contribution in [1.82, 2.24) is 15.3 Å². The predicted molar refractivity (Wildman–Crippen MR) is 87.7 cm³/mol. The number of rotatable bonds is 7. The molecule has 0 aliphatic heterocycles. The molecule has 0 aliphatic rings. The van der Waals surface area contributed by atoms with E-state index in [4.69, 9.17) is 0 Å². The molecule has 5 heteroatoms. The third-order valence-electron chi connectivity index (χ3n) is 2.70. The zero-order chi connectivity index (χ0) is 14.2. The van der Waals surface area contributed by atoms with E-state index in [2.05, 4.69) is 50.3 Å². The van der Waals surface area contributed by atoms with Crippen LogP contribution in [0.25, 0.3) is 0 Å². The first-order valence-corrected chi connectivity index (χ1v) is 8.44. The van der Waals surface area contributed by atoms with Crippen molar-refractivity contribution < 1.29 is 0 Å². The Balaban J connectivity index is 1.82. The highest BCUT2D eigenvalue weighted by molar-refractivity contribution is 9.10. The maximum Gasteiger partial charge on any atom is 0.138 e. The summed E-state index contributed by atoms with van der Waals surface area (Å²) in [6, 6.07) is 8.28. The third-order valence-corrected chi connectivity index (χ3v) is 4.23. The molecule has 1 heterocycles.